The lowest BCUT2D eigenvalue weighted by Crippen LogP contribution is -2.23. The second-order valence-corrected chi connectivity index (χ2v) is 3.23. The van der Waals surface area contributed by atoms with Crippen molar-refractivity contribution in [2.24, 2.45) is 0 Å². The molecule has 0 unspecified atom stereocenters. The summed E-state index contributed by atoms with van der Waals surface area (Å²) in [5, 5.41) is 0. The molecule has 2 rings (SSSR count). The molecule has 1 aliphatic heterocycles. The number of carbonyl (C=O) groups excluding carboxylic acids is 2. The molecule has 0 bridgehead atoms. The van der Waals surface area contributed by atoms with E-state index in [0.717, 1.165) is 10.5 Å². The largest absolute Gasteiger partial charge is 0.273 e. The van der Waals surface area contributed by atoms with Crippen LogP contribution in [-0.2, 0) is 9.59 Å². The Bertz CT molecular complexity index is 438. The summed E-state index contributed by atoms with van der Waals surface area (Å²) in [6.07, 6.45) is 0.560. The Kier molecular flexibility index (Phi) is 2.51. The van der Waals surface area contributed by atoms with Gasteiger partial charge in [0.1, 0.15) is 0 Å². The van der Waals surface area contributed by atoms with E-state index in [1.54, 1.807) is 0 Å². The topological polar surface area (TPSA) is 37.4 Å². The van der Waals surface area contributed by atoms with Crippen molar-refractivity contribution in [2.75, 3.05) is 0 Å². The minimum absolute atomic E-state index is 0.205. The molecule has 3 heteroatoms. The standard InChI is InChI=1S/C12H9NO2/c14-11-6-7-12(15)13(11)9-8-10-4-2-1-3-5-10/h1-5H,6-7H2. The average Bonchev–Trinajstić information content (AvgIpc) is 2.58. The number of hydrogen-bond donors (Lipinski definition) is 0. The Morgan fingerprint density at radius 3 is 2.20 bits per heavy atom. The van der Waals surface area contributed by atoms with Crippen LogP contribution in [0.15, 0.2) is 30.3 Å². The minimum atomic E-state index is -0.205. The summed E-state index contributed by atoms with van der Waals surface area (Å²) in [6.45, 7) is 0. The predicted octanol–water partition coefficient (Wildman–Crippen LogP) is 1.14. The molecule has 1 aromatic carbocycles. The summed E-state index contributed by atoms with van der Waals surface area (Å²) < 4.78 is 0. The van der Waals surface area contributed by atoms with E-state index in [4.69, 9.17) is 0 Å². The predicted molar refractivity (Wildman–Crippen MR) is 54.4 cm³/mol. The van der Waals surface area contributed by atoms with Gasteiger partial charge in [-0.3, -0.25) is 9.59 Å². The Morgan fingerprint density at radius 2 is 1.60 bits per heavy atom. The first-order valence-corrected chi connectivity index (χ1v) is 4.70. The maximum absolute atomic E-state index is 11.2. The van der Waals surface area contributed by atoms with Crippen molar-refractivity contribution in [3.05, 3.63) is 35.9 Å². The zero-order valence-corrected chi connectivity index (χ0v) is 8.06. The quantitative estimate of drug-likeness (QED) is 0.464. The highest BCUT2D eigenvalue weighted by Crippen LogP contribution is 2.09. The Hall–Kier alpha value is -2.08. The van der Waals surface area contributed by atoms with Gasteiger partial charge in [0.15, 0.2) is 0 Å². The molecule has 1 aliphatic rings. The number of nitrogens with zero attached hydrogens (tertiary/aromatic N) is 1. The van der Waals surface area contributed by atoms with E-state index in [9.17, 15) is 9.59 Å². The molecule has 3 nitrogen and oxygen atoms in total. The fraction of sp³-hybridized carbons (Fsp3) is 0.167. The van der Waals surface area contributed by atoms with Gasteiger partial charge in [-0.25, -0.2) is 4.90 Å². The van der Waals surface area contributed by atoms with Gasteiger partial charge in [0.05, 0.1) is 0 Å². The summed E-state index contributed by atoms with van der Waals surface area (Å²) in [7, 11) is 0. The van der Waals surface area contributed by atoms with Gasteiger partial charge < -0.3 is 0 Å². The van der Waals surface area contributed by atoms with Crippen LogP contribution in [0.2, 0.25) is 0 Å². The normalized spacial score (nSPS) is 15.1. The Morgan fingerprint density at radius 1 is 1.00 bits per heavy atom. The molecule has 0 N–H and O–H groups in total. The van der Waals surface area contributed by atoms with Gasteiger partial charge >= 0.3 is 0 Å². The van der Waals surface area contributed by atoms with E-state index in [1.807, 2.05) is 30.3 Å². The smallest absolute Gasteiger partial charge is 0.241 e. The van der Waals surface area contributed by atoms with Crippen molar-refractivity contribution in [1.82, 2.24) is 4.90 Å². The number of carbonyl (C=O) groups is 2. The summed E-state index contributed by atoms with van der Waals surface area (Å²) >= 11 is 0. The van der Waals surface area contributed by atoms with Crippen molar-refractivity contribution < 1.29 is 9.59 Å². The van der Waals surface area contributed by atoms with Crippen molar-refractivity contribution in [3.8, 4) is 12.0 Å². The molecule has 1 aromatic rings. The highest BCUT2D eigenvalue weighted by atomic mass is 16.2. The zero-order chi connectivity index (χ0) is 10.7. The van der Waals surface area contributed by atoms with Crippen molar-refractivity contribution in [1.29, 1.82) is 0 Å². The highest BCUT2D eigenvalue weighted by Gasteiger charge is 2.27. The van der Waals surface area contributed by atoms with E-state index in [2.05, 4.69) is 12.0 Å². The van der Waals surface area contributed by atoms with Gasteiger partial charge in [-0.2, -0.15) is 0 Å². The van der Waals surface area contributed by atoms with E-state index in [-0.39, 0.29) is 24.7 Å². The van der Waals surface area contributed by atoms with Crippen molar-refractivity contribution in [2.45, 2.75) is 12.8 Å². The van der Waals surface area contributed by atoms with Crippen LogP contribution in [-0.4, -0.2) is 16.7 Å². The molecule has 0 atom stereocenters. The van der Waals surface area contributed by atoms with Gasteiger partial charge in [0.2, 0.25) is 11.8 Å². The summed E-state index contributed by atoms with van der Waals surface area (Å²) in [5.41, 5.74) is 0.796. The molecule has 15 heavy (non-hydrogen) atoms. The van der Waals surface area contributed by atoms with Crippen LogP contribution in [0, 0.1) is 12.0 Å². The molecular formula is C12H9NO2. The molecule has 1 saturated heterocycles. The van der Waals surface area contributed by atoms with Crippen molar-refractivity contribution >= 4 is 11.8 Å². The summed E-state index contributed by atoms with van der Waals surface area (Å²) in [6, 6.07) is 11.8. The number of hydrogen-bond acceptors (Lipinski definition) is 2. The van der Waals surface area contributed by atoms with Crippen LogP contribution < -0.4 is 0 Å². The van der Waals surface area contributed by atoms with Crippen LogP contribution in [0.1, 0.15) is 18.4 Å². The van der Waals surface area contributed by atoms with Gasteiger partial charge in [0, 0.05) is 24.4 Å². The lowest BCUT2D eigenvalue weighted by atomic mass is 10.2. The van der Waals surface area contributed by atoms with Crippen LogP contribution in [0.4, 0.5) is 0 Å². The third-order valence-corrected chi connectivity index (χ3v) is 2.14. The molecule has 2 amide bonds. The molecule has 1 fully saturated rings. The Labute approximate surface area is 87.7 Å². The second kappa shape index (κ2) is 3.97. The Balaban J connectivity index is 2.19. The maximum Gasteiger partial charge on any atom is 0.241 e. The molecule has 0 saturated carbocycles. The third kappa shape index (κ3) is 2.05. The molecule has 0 radical (unpaired) electrons. The van der Waals surface area contributed by atoms with Gasteiger partial charge in [0.25, 0.3) is 0 Å². The highest BCUT2D eigenvalue weighted by molar-refractivity contribution is 6.03. The molecule has 0 aliphatic carbocycles. The lowest BCUT2D eigenvalue weighted by Gasteiger charge is -2.01. The van der Waals surface area contributed by atoms with Crippen LogP contribution >= 0.6 is 0 Å². The van der Waals surface area contributed by atoms with E-state index in [0.29, 0.717) is 0 Å². The molecule has 0 spiro atoms. The maximum atomic E-state index is 11.2. The average molecular weight is 199 g/mol. The molecule has 1 heterocycles. The van der Waals surface area contributed by atoms with Crippen LogP contribution in [0.5, 0.6) is 0 Å². The fourth-order valence-electron chi connectivity index (χ4n) is 1.34. The lowest BCUT2D eigenvalue weighted by molar-refractivity contribution is -0.134. The van der Waals surface area contributed by atoms with Gasteiger partial charge in [-0.15, -0.1) is 0 Å². The minimum Gasteiger partial charge on any atom is -0.273 e. The number of rotatable bonds is 0. The number of imide groups is 1. The monoisotopic (exact) mass is 199 g/mol. The summed E-state index contributed by atoms with van der Waals surface area (Å²) in [4.78, 5) is 23.4. The molecule has 74 valence electrons. The first-order chi connectivity index (χ1) is 7.27. The van der Waals surface area contributed by atoms with E-state index in [1.165, 1.54) is 0 Å². The number of likely N-dealkylation sites (tertiary alicyclic amines) is 1. The fourth-order valence-corrected chi connectivity index (χ4v) is 1.34. The third-order valence-electron chi connectivity index (χ3n) is 2.14. The summed E-state index contributed by atoms with van der Waals surface area (Å²) in [5.74, 6) is 2.37. The molecular weight excluding hydrogens is 190 g/mol. The second-order valence-electron chi connectivity index (χ2n) is 3.23. The number of benzene rings is 1. The van der Waals surface area contributed by atoms with Gasteiger partial charge in [-0.05, 0) is 18.1 Å². The SMILES string of the molecule is O=C1CCC(=O)N1C#Cc1ccccc1. The van der Waals surface area contributed by atoms with E-state index >= 15 is 0 Å². The first kappa shape index (κ1) is 9.47. The van der Waals surface area contributed by atoms with Crippen LogP contribution in [0.25, 0.3) is 0 Å². The molecule has 0 aromatic heterocycles. The first-order valence-electron chi connectivity index (χ1n) is 4.70. The van der Waals surface area contributed by atoms with E-state index < -0.39 is 0 Å². The van der Waals surface area contributed by atoms with Crippen LogP contribution in [0.3, 0.4) is 0 Å². The van der Waals surface area contributed by atoms with Crippen molar-refractivity contribution in [3.63, 3.8) is 0 Å². The van der Waals surface area contributed by atoms with Gasteiger partial charge in [-0.1, -0.05) is 18.2 Å². The zero-order valence-electron chi connectivity index (χ0n) is 8.06. The number of amides is 2.